The lowest BCUT2D eigenvalue weighted by Crippen LogP contribution is -2.44. The summed E-state index contributed by atoms with van der Waals surface area (Å²) in [5, 5.41) is 2.61. The number of morpholine rings is 1. The fourth-order valence-electron chi connectivity index (χ4n) is 5.35. The Balaban J connectivity index is 1.51. The smallest absolute Gasteiger partial charge is 0.387 e. The van der Waals surface area contributed by atoms with Crippen LogP contribution in [0.15, 0.2) is 54.6 Å². The van der Waals surface area contributed by atoms with Gasteiger partial charge < -0.3 is 24.4 Å². The zero-order valence-corrected chi connectivity index (χ0v) is 22.7. The molecule has 9 nitrogen and oxygen atoms in total. The Morgan fingerprint density at radius 1 is 1.02 bits per heavy atom. The van der Waals surface area contributed by atoms with Gasteiger partial charge in [-0.25, -0.2) is 13.8 Å². The normalized spacial score (nSPS) is 20.6. The van der Waals surface area contributed by atoms with E-state index < -0.39 is 53.6 Å². The number of rotatable bonds is 8. The van der Waals surface area contributed by atoms with Crippen LogP contribution >= 0.6 is 0 Å². The van der Waals surface area contributed by atoms with E-state index in [0.717, 1.165) is 12.1 Å². The Morgan fingerprint density at radius 2 is 1.67 bits per heavy atom. The number of nitrogens with zero attached hydrogens (tertiary/aromatic N) is 3. The predicted molar refractivity (Wildman–Crippen MR) is 144 cm³/mol. The number of hydrogen-bond donors (Lipinski definition) is 1. The Bertz CT molecular complexity index is 1430. The van der Waals surface area contributed by atoms with Crippen LogP contribution in [0.5, 0.6) is 11.5 Å². The van der Waals surface area contributed by atoms with Crippen molar-refractivity contribution in [3.05, 3.63) is 77.4 Å². The van der Waals surface area contributed by atoms with Gasteiger partial charge in [0.2, 0.25) is 0 Å². The number of alkyl halides is 2. The second-order valence-corrected chi connectivity index (χ2v) is 9.79. The predicted octanol–water partition coefficient (Wildman–Crippen LogP) is 4.12. The van der Waals surface area contributed by atoms with E-state index in [0.29, 0.717) is 32.1 Å². The molecule has 2 amide bonds. The summed E-state index contributed by atoms with van der Waals surface area (Å²) >= 11 is 0. The number of methoxy groups -OCH3 is 1. The molecule has 2 aromatic carbocycles. The standard InChI is InChI=1S/C29H28F4N4O5/c1-16-24(25-20(30)14-19(40-2)15-21(25)31)26(35-27(38)17-6-8-18(9-7-17)42-29(32)33)28(39)37(16)23-5-3-4-22(34-23)36-10-12-41-13-11-36/h3-9,14-16,24,26,29H,10-13H2,1-2H3,(H,35,38)/t16-,24-,26?/m0/s1. The first-order valence-corrected chi connectivity index (χ1v) is 13.2. The van der Waals surface area contributed by atoms with Gasteiger partial charge in [0.15, 0.2) is 0 Å². The van der Waals surface area contributed by atoms with Gasteiger partial charge in [-0.1, -0.05) is 6.07 Å². The molecule has 2 aliphatic heterocycles. The summed E-state index contributed by atoms with van der Waals surface area (Å²) in [5.41, 5.74) is -0.369. The number of carbonyl (C=O) groups is 2. The average Bonchev–Trinajstić information content (AvgIpc) is 3.21. The molecule has 0 saturated carbocycles. The summed E-state index contributed by atoms with van der Waals surface area (Å²) in [5.74, 6) is -3.78. The van der Waals surface area contributed by atoms with E-state index in [1.807, 2.05) is 4.90 Å². The Kier molecular flexibility index (Phi) is 8.48. The number of hydrogen-bond acceptors (Lipinski definition) is 7. The van der Waals surface area contributed by atoms with Crippen LogP contribution in [0, 0.1) is 11.6 Å². The van der Waals surface area contributed by atoms with Gasteiger partial charge in [-0.2, -0.15) is 8.78 Å². The van der Waals surface area contributed by atoms with E-state index in [9.17, 15) is 18.4 Å². The SMILES string of the molecule is COc1cc(F)c([C@H]2C(NC(=O)c3ccc(OC(F)F)cc3)C(=O)N(c3cccc(N4CCOCC4)n3)[C@H]2C)c(F)c1. The summed E-state index contributed by atoms with van der Waals surface area (Å²) in [6.07, 6.45) is 0. The third-order valence-electron chi connectivity index (χ3n) is 7.34. The number of aromatic nitrogens is 1. The average molecular weight is 589 g/mol. The van der Waals surface area contributed by atoms with E-state index in [2.05, 4.69) is 15.0 Å². The van der Waals surface area contributed by atoms with Crippen molar-refractivity contribution in [2.75, 3.05) is 43.2 Å². The second kappa shape index (κ2) is 12.2. The number of anilines is 2. The molecule has 1 aromatic heterocycles. The molecule has 0 aliphatic carbocycles. The van der Waals surface area contributed by atoms with Crippen LogP contribution in [0.25, 0.3) is 0 Å². The molecule has 0 bridgehead atoms. The highest BCUT2D eigenvalue weighted by molar-refractivity contribution is 6.05. The van der Waals surface area contributed by atoms with Crippen LogP contribution in [0.1, 0.15) is 28.8 Å². The van der Waals surface area contributed by atoms with Gasteiger partial charge in [0.25, 0.3) is 11.8 Å². The first-order valence-electron chi connectivity index (χ1n) is 13.2. The largest absolute Gasteiger partial charge is 0.497 e. The van der Waals surface area contributed by atoms with Crippen LogP contribution in [-0.4, -0.2) is 68.9 Å². The molecule has 13 heteroatoms. The van der Waals surface area contributed by atoms with E-state index in [1.165, 1.54) is 36.3 Å². The molecule has 1 unspecified atom stereocenters. The number of halogens is 4. The Hall–Kier alpha value is -4.39. The fraction of sp³-hybridized carbons (Fsp3) is 0.345. The first-order chi connectivity index (χ1) is 20.2. The lowest BCUT2D eigenvalue weighted by molar-refractivity contribution is -0.118. The molecule has 3 atom stereocenters. The highest BCUT2D eigenvalue weighted by atomic mass is 19.3. The lowest BCUT2D eigenvalue weighted by atomic mass is 9.87. The van der Waals surface area contributed by atoms with Gasteiger partial charge >= 0.3 is 6.61 Å². The van der Waals surface area contributed by atoms with Crippen molar-refractivity contribution in [2.45, 2.75) is 31.5 Å². The lowest BCUT2D eigenvalue weighted by Gasteiger charge is -2.29. The van der Waals surface area contributed by atoms with Crippen molar-refractivity contribution in [3.8, 4) is 11.5 Å². The summed E-state index contributed by atoms with van der Waals surface area (Å²) in [7, 11) is 1.27. The van der Waals surface area contributed by atoms with E-state index in [1.54, 1.807) is 25.1 Å². The van der Waals surface area contributed by atoms with Crippen molar-refractivity contribution in [1.29, 1.82) is 0 Å². The number of benzene rings is 2. The van der Waals surface area contributed by atoms with Gasteiger partial charge in [0.1, 0.15) is 40.8 Å². The molecule has 5 rings (SSSR count). The highest BCUT2D eigenvalue weighted by Gasteiger charge is 2.50. The number of amides is 2. The fourth-order valence-corrected chi connectivity index (χ4v) is 5.35. The molecule has 222 valence electrons. The molecule has 2 aliphatic rings. The minimum absolute atomic E-state index is 0.0254. The second-order valence-electron chi connectivity index (χ2n) is 9.79. The van der Waals surface area contributed by atoms with Crippen molar-refractivity contribution < 1.29 is 41.4 Å². The third kappa shape index (κ3) is 5.82. The molecule has 3 heterocycles. The zero-order chi connectivity index (χ0) is 30.0. The van der Waals surface area contributed by atoms with Gasteiger partial charge in [0.05, 0.1) is 20.3 Å². The molecule has 0 radical (unpaired) electrons. The van der Waals surface area contributed by atoms with Crippen LogP contribution in [0.4, 0.5) is 29.2 Å². The number of carbonyl (C=O) groups excluding carboxylic acids is 2. The van der Waals surface area contributed by atoms with Gasteiger partial charge in [0, 0.05) is 48.3 Å². The Labute approximate surface area is 239 Å². The van der Waals surface area contributed by atoms with Gasteiger partial charge in [-0.05, 0) is 43.3 Å². The summed E-state index contributed by atoms with van der Waals surface area (Å²) in [6, 6.07) is 9.75. The number of nitrogens with one attached hydrogen (secondary N) is 1. The minimum atomic E-state index is -3.04. The van der Waals surface area contributed by atoms with Crippen molar-refractivity contribution >= 4 is 23.5 Å². The summed E-state index contributed by atoms with van der Waals surface area (Å²) in [4.78, 5) is 35.2. The minimum Gasteiger partial charge on any atom is -0.497 e. The van der Waals surface area contributed by atoms with E-state index >= 15 is 8.78 Å². The molecule has 1 N–H and O–H groups in total. The molecular formula is C29H28F4N4O5. The molecule has 42 heavy (non-hydrogen) atoms. The zero-order valence-electron chi connectivity index (χ0n) is 22.7. The highest BCUT2D eigenvalue weighted by Crippen LogP contribution is 2.41. The molecule has 2 saturated heterocycles. The van der Waals surface area contributed by atoms with Gasteiger partial charge in [-0.3, -0.25) is 14.5 Å². The molecule has 2 fully saturated rings. The van der Waals surface area contributed by atoms with Crippen molar-refractivity contribution in [3.63, 3.8) is 0 Å². The van der Waals surface area contributed by atoms with Gasteiger partial charge in [-0.15, -0.1) is 0 Å². The maximum absolute atomic E-state index is 15.4. The number of pyridine rings is 1. The van der Waals surface area contributed by atoms with Crippen LogP contribution in [0.2, 0.25) is 0 Å². The maximum atomic E-state index is 15.4. The van der Waals surface area contributed by atoms with Crippen molar-refractivity contribution in [2.24, 2.45) is 0 Å². The van der Waals surface area contributed by atoms with Crippen LogP contribution in [-0.2, 0) is 9.53 Å². The number of ether oxygens (including phenoxy) is 3. The van der Waals surface area contributed by atoms with E-state index in [-0.39, 0.29) is 22.9 Å². The first kappa shape index (κ1) is 29.1. The van der Waals surface area contributed by atoms with E-state index in [4.69, 9.17) is 9.47 Å². The monoisotopic (exact) mass is 588 g/mol. The summed E-state index contributed by atoms with van der Waals surface area (Å²) < 4.78 is 70.5. The van der Waals surface area contributed by atoms with Crippen molar-refractivity contribution in [1.82, 2.24) is 10.3 Å². The molecular weight excluding hydrogens is 560 g/mol. The molecule has 0 spiro atoms. The summed E-state index contributed by atoms with van der Waals surface area (Å²) in [6.45, 7) is 0.824. The topological polar surface area (TPSA) is 93.2 Å². The van der Waals surface area contributed by atoms with Crippen LogP contribution < -0.4 is 24.6 Å². The Morgan fingerprint density at radius 3 is 2.29 bits per heavy atom. The third-order valence-corrected chi connectivity index (χ3v) is 7.34. The van der Waals surface area contributed by atoms with Crippen LogP contribution in [0.3, 0.4) is 0 Å². The molecule has 3 aromatic rings. The quantitative estimate of drug-likeness (QED) is 0.396. The maximum Gasteiger partial charge on any atom is 0.387 e.